The molecule has 0 bridgehead atoms. The van der Waals surface area contributed by atoms with Crippen LogP contribution >= 0.6 is 11.8 Å². The standard InChI is InChI=1S/C27H23N3O4S/c1-3-30-25(31)24(35-27(30)28-19-9-5-4-6-10-19)15-18-16-29(22-12-8-7-11-21(18)22)17-20-13-14-23(34-20)26(32)33-2/h4-16H,3,17H2,1-2H3/b24-15-,28-27?. The molecule has 0 aliphatic carbocycles. The Morgan fingerprint density at radius 1 is 1.09 bits per heavy atom. The Balaban J connectivity index is 1.49. The molecule has 1 aliphatic heterocycles. The van der Waals surface area contributed by atoms with Crippen molar-refractivity contribution in [3.05, 3.63) is 94.9 Å². The van der Waals surface area contributed by atoms with Crippen LogP contribution in [0.15, 0.2) is 87.2 Å². The van der Waals surface area contributed by atoms with Crippen molar-refractivity contribution in [2.24, 2.45) is 4.99 Å². The molecule has 0 unspecified atom stereocenters. The van der Waals surface area contributed by atoms with Crippen molar-refractivity contribution in [3.63, 3.8) is 0 Å². The number of furan rings is 1. The molecule has 1 saturated heterocycles. The first-order chi connectivity index (χ1) is 17.1. The van der Waals surface area contributed by atoms with Gasteiger partial charge in [0, 0.05) is 29.2 Å². The van der Waals surface area contributed by atoms with E-state index in [9.17, 15) is 9.59 Å². The molecule has 2 aromatic heterocycles. The maximum absolute atomic E-state index is 13.2. The zero-order chi connectivity index (χ0) is 24.4. The Kier molecular flexibility index (Phi) is 6.29. The van der Waals surface area contributed by atoms with Gasteiger partial charge in [0.15, 0.2) is 5.17 Å². The molecule has 0 saturated carbocycles. The lowest BCUT2D eigenvalue weighted by atomic mass is 10.1. The van der Waals surface area contributed by atoms with Gasteiger partial charge in [-0.25, -0.2) is 9.79 Å². The van der Waals surface area contributed by atoms with Crippen molar-refractivity contribution in [1.29, 1.82) is 0 Å². The number of esters is 1. The van der Waals surface area contributed by atoms with E-state index in [2.05, 4.69) is 4.99 Å². The van der Waals surface area contributed by atoms with Crippen LogP contribution in [0, 0.1) is 0 Å². The van der Waals surface area contributed by atoms with Crippen LogP contribution in [-0.4, -0.2) is 40.2 Å². The van der Waals surface area contributed by atoms with Crippen LogP contribution in [0.3, 0.4) is 0 Å². The van der Waals surface area contributed by atoms with E-state index in [1.165, 1.54) is 18.9 Å². The summed E-state index contributed by atoms with van der Waals surface area (Å²) in [5, 5.41) is 1.69. The summed E-state index contributed by atoms with van der Waals surface area (Å²) < 4.78 is 12.4. The molecular formula is C27H23N3O4S. The molecule has 1 fully saturated rings. The van der Waals surface area contributed by atoms with Crippen LogP contribution in [0.5, 0.6) is 0 Å². The Morgan fingerprint density at radius 3 is 2.63 bits per heavy atom. The lowest BCUT2D eigenvalue weighted by molar-refractivity contribution is -0.122. The number of methoxy groups -OCH3 is 1. The quantitative estimate of drug-likeness (QED) is 0.259. The number of thioether (sulfide) groups is 1. The number of nitrogens with zero attached hydrogens (tertiary/aromatic N) is 3. The number of fused-ring (bicyclic) bond motifs is 1. The Labute approximate surface area is 206 Å². The lowest BCUT2D eigenvalue weighted by Crippen LogP contribution is -2.28. The third kappa shape index (κ3) is 4.52. The minimum atomic E-state index is -0.510. The molecule has 8 heteroatoms. The number of benzene rings is 2. The maximum atomic E-state index is 13.2. The van der Waals surface area contributed by atoms with Gasteiger partial charge < -0.3 is 13.7 Å². The van der Waals surface area contributed by atoms with Gasteiger partial charge in [-0.3, -0.25) is 9.69 Å². The van der Waals surface area contributed by atoms with Crippen molar-refractivity contribution >= 4 is 51.5 Å². The number of aromatic nitrogens is 1. The molecular weight excluding hydrogens is 462 g/mol. The summed E-state index contributed by atoms with van der Waals surface area (Å²) in [6, 6.07) is 21.0. The summed E-state index contributed by atoms with van der Waals surface area (Å²) in [5.41, 5.74) is 2.73. The second-order valence-corrected chi connectivity index (χ2v) is 8.89. The van der Waals surface area contributed by atoms with Crippen LogP contribution in [0.1, 0.15) is 28.8 Å². The Bertz CT molecular complexity index is 1470. The van der Waals surface area contributed by atoms with Crippen molar-refractivity contribution in [1.82, 2.24) is 9.47 Å². The highest BCUT2D eigenvalue weighted by Crippen LogP contribution is 2.35. The first-order valence-corrected chi connectivity index (χ1v) is 12.0. The van der Waals surface area contributed by atoms with Gasteiger partial charge in [-0.05, 0) is 55.1 Å². The number of likely N-dealkylation sites (N-methyl/N-ethyl adjacent to an activating group) is 1. The second kappa shape index (κ2) is 9.68. The summed E-state index contributed by atoms with van der Waals surface area (Å²) in [6.07, 6.45) is 3.92. The number of ether oxygens (including phenoxy) is 1. The van der Waals surface area contributed by atoms with Gasteiger partial charge in [-0.15, -0.1) is 0 Å². The molecule has 176 valence electrons. The number of amides is 1. The third-order valence-corrected chi connectivity index (χ3v) is 6.67. The number of amidine groups is 1. The van der Waals surface area contributed by atoms with E-state index < -0.39 is 5.97 Å². The topological polar surface area (TPSA) is 77.0 Å². The number of hydrogen-bond acceptors (Lipinski definition) is 6. The van der Waals surface area contributed by atoms with Gasteiger partial charge in [-0.1, -0.05) is 36.4 Å². The fourth-order valence-electron chi connectivity index (χ4n) is 3.99. The molecule has 35 heavy (non-hydrogen) atoms. The summed E-state index contributed by atoms with van der Waals surface area (Å²) in [4.78, 5) is 31.9. The number of aliphatic imine (C=N–C) groups is 1. The van der Waals surface area contributed by atoms with Gasteiger partial charge in [-0.2, -0.15) is 0 Å². The highest BCUT2D eigenvalue weighted by Gasteiger charge is 2.32. The van der Waals surface area contributed by atoms with E-state index in [0.717, 1.165) is 22.2 Å². The second-order valence-electron chi connectivity index (χ2n) is 7.88. The average Bonchev–Trinajstić information content (AvgIpc) is 3.57. The van der Waals surface area contributed by atoms with Crippen molar-refractivity contribution < 1.29 is 18.7 Å². The molecule has 3 heterocycles. The van der Waals surface area contributed by atoms with E-state index >= 15 is 0 Å². The number of rotatable bonds is 6. The fraction of sp³-hybridized carbons (Fsp3) is 0.148. The van der Waals surface area contributed by atoms with Gasteiger partial charge >= 0.3 is 5.97 Å². The zero-order valence-corrected chi connectivity index (χ0v) is 20.1. The molecule has 7 nitrogen and oxygen atoms in total. The first-order valence-electron chi connectivity index (χ1n) is 11.2. The number of hydrogen-bond donors (Lipinski definition) is 0. The smallest absolute Gasteiger partial charge is 0.373 e. The normalized spacial score (nSPS) is 16.1. The highest BCUT2D eigenvalue weighted by molar-refractivity contribution is 8.18. The molecule has 0 atom stereocenters. The van der Waals surface area contributed by atoms with E-state index in [1.807, 2.05) is 78.4 Å². The monoisotopic (exact) mass is 485 g/mol. The predicted octanol–water partition coefficient (Wildman–Crippen LogP) is 5.69. The van der Waals surface area contributed by atoms with Crippen LogP contribution < -0.4 is 0 Å². The number of para-hydroxylation sites is 2. The van der Waals surface area contributed by atoms with E-state index in [4.69, 9.17) is 9.15 Å². The molecule has 2 aromatic carbocycles. The first kappa shape index (κ1) is 22.7. The van der Waals surface area contributed by atoms with Crippen molar-refractivity contribution in [2.45, 2.75) is 13.5 Å². The lowest BCUT2D eigenvalue weighted by Gasteiger charge is -2.11. The molecule has 0 spiro atoms. The minimum Gasteiger partial charge on any atom is -0.463 e. The average molecular weight is 486 g/mol. The van der Waals surface area contributed by atoms with Crippen LogP contribution in [0.25, 0.3) is 17.0 Å². The summed E-state index contributed by atoms with van der Waals surface area (Å²) in [6.45, 7) is 2.92. The summed E-state index contributed by atoms with van der Waals surface area (Å²) >= 11 is 1.38. The van der Waals surface area contributed by atoms with Crippen LogP contribution in [0.2, 0.25) is 0 Å². The third-order valence-electron chi connectivity index (χ3n) is 5.67. The van der Waals surface area contributed by atoms with Crippen LogP contribution in [-0.2, 0) is 16.1 Å². The molecule has 1 amide bonds. The summed E-state index contributed by atoms with van der Waals surface area (Å²) in [5.74, 6) is 0.229. The van der Waals surface area contributed by atoms with Crippen molar-refractivity contribution in [3.8, 4) is 0 Å². The van der Waals surface area contributed by atoms with E-state index in [1.54, 1.807) is 17.0 Å². The Morgan fingerprint density at radius 2 is 1.86 bits per heavy atom. The number of carbonyl (C=O) groups is 2. The molecule has 0 N–H and O–H groups in total. The highest BCUT2D eigenvalue weighted by atomic mass is 32.2. The molecule has 5 rings (SSSR count). The van der Waals surface area contributed by atoms with E-state index in [0.29, 0.717) is 28.9 Å². The maximum Gasteiger partial charge on any atom is 0.373 e. The van der Waals surface area contributed by atoms with Crippen molar-refractivity contribution in [2.75, 3.05) is 13.7 Å². The van der Waals surface area contributed by atoms with Gasteiger partial charge in [0.2, 0.25) is 5.76 Å². The molecule has 0 radical (unpaired) electrons. The van der Waals surface area contributed by atoms with Gasteiger partial charge in [0.05, 0.1) is 24.2 Å². The predicted molar refractivity (Wildman–Crippen MR) is 138 cm³/mol. The fourth-order valence-corrected chi connectivity index (χ4v) is 5.04. The minimum absolute atomic E-state index is 0.0576. The van der Waals surface area contributed by atoms with Crippen LogP contribution in [0.4, 0.5) is 5.69 Å². The molecule has 1 aliphatic rings. The summed E-state index contributed by atoms with van der Waals surface area (Å²) in [7, 11) is 1.32. The SMILES string of the molecule is CCN1C(=O)/C(=C/c2cn(Cc3ccc(C(=O)OC)o3)c3ccccc23)SC1=Nc1ccccc1. The number of carbonyl (C=O) groups excluding carboxylic acids is 2. The van der Waals surface area contributed by atoms with E-state index in [-0.39, 0.29) is 11.7 Å². The largest absolute Gasteiger partial charge is 0.463 e. The zero-order valence-electron chi connectivity index (χ0n) is 19.3. The van der Waals surface area contributed by atoms with Gasteiger partial charge in [0.1, 0.15) is 5.76 Å². The Hall–Kier alpha value is -4.04. The van der Waals surface area contributed by atoms with Gasteiger partial charge in [0.25, 0.3) is 5.91 Å². The molecule has 4 aromatic rings.